The van der Waals surface area contributed by atoms with Crippen molar-refractivity contribution >= 4 is 44.0 Å². The second kappa shape index (κ2) is 19.0. The molecular formula is C52H63N7O10S. The summed E-state index contributed by atoms with van der Waals surface area (Å²) in [6.07, 6.45) is 11.0. The average molecular weight is 978 g/mol. The van der Waals surface area contributed by atoms with E-state index in [9.17, 15) is 33.5 Å². The van der Waals surface area contributed by atoms with Crippen LogP contribution in [0.25, 0.3) is 11.0 Å². The summed E-state index contributed by atoms with van der Waals surface area (Å²) < 4.78 is 48.6. The maximum absolute atomic E-state index is 14.3. The Labute approximate surface area is 408 Å². The Morgan fingerprint density at radius 3 is 2.53 bits per heavy atom. The first-order valence-electron chi connectivity index (χ1n) is 24.7. The van der Waals surface area contributed by atoms with E-state index in [4.69, 9.17) is 14.2 Å². The monoisotopic (exact) mass is 977 g/mol. The van der Waals surface area contributed by atoms with Crippen molar-refractivity contribution < 1.29 is 42.6 Å². The van der Waals surface area contributed by atoms with Crippen molar-refractivity contribution in [1.82, 2.24) is 19.6 Å². The molecule has 10 rings (SSSR count). The summed E-state index contributed by atoms with van der Waals surface area (Å²) in [5.74, 6) is -0.278. The zero-order valence-corrected chi connectivity index (χ0v) is 40.8. The predicted octanol–water partition coefficient (Wildman–Crippen LogP) is 8.58. The van der Waals surface area contributed by atoms with Crippen molar-refractivity contribution in [2.75, 3.05) is 49.7 Å². The normalized spacial score (nSPS) is 23.6. The summed E-state index contributed by atoms with van der Waals surface area (Å²) in [4.78, 5) is 38.2. The lowest BCUT2D eigenvalue weighted by Gasteiger charge is -2.56. The molecule has 0 bridgehead atoms. The third kappa shape index (κ3) is 9.50. The van der Waals surface area contributed by atoms with Gasteiger partial charge in [0.1, 0.15) is 24.6 Å². The topological polar surface area (TPSA) is 222 Å². The molecule has 17 nitrogen and oxygen atoms in total. The molecule has 5 aromatic rings. The van der Waals surface area contributed by atoms with E-state index in [-0.39, 0.29) is 71.6 Å². The molecule has 18 heteroatoms. The third-order valence-electron chi connectivity index (χ3n) is 15.7. The van der Waals surface area contributed by atoms with Crippen molar-refractivity contribution in [3.63, 3.8) is 0 Å². The number of sulfonamides is 1. The van der Waals surface area contributed by atoms with E-state index in [2.05, 4.69) is 67.9 Å². The van der Waals surface area contributed by atoms with Gasteiger partial charge in [-0.15, -0.1) is 0 Å². The van der Waals surface area contributed by atoms with E-state index in [1.807, 2.05) is 0 Å². The minimum Gasteiger partial charge on any atom is -0.489 e. The van der Waals surface area contributed by atoms with Gasteiger partial charge < -0.3 is 39.6 Å². The van der Waals surface area contributed by atoms with Gasteiger partial charge in [0.25, 0.3) is 27.5 Å². The number of aromatic nitrogens is 2. The molecule has 2 atom stereocenters. The summed E-state index contributed by atoms with van der Waals surface area (Å²) in [6.45, 7) is 8.81. The van der Waals surface area contributed by atoms with Gasteiger partial charge in [0.05, 0.1) is 33.6 Å². The number of aromatic amines is 1. The summed E-state index contributed by atoms with van der Waals surface area (Å²) in [5, 5.41) is 36.5. The molecular weight excluding hydrogens is 915 g/mol. The molecule has 5 heterocycles. The molecule has 372 valence electrons. The molecule has 70 heavy (non-hydrogen) atoms. The zero-order valence-electron chi connectivity index (χ0n) is 40.0. The van der Waals surface area contributed by atoms with Crippen LogP contribution in [0.1, 0.15) is 118 Å². The Morgan fingerprint density at radius 1 is 1.01 bits per heavy atom. The lowest BCUT2D eigenvalue weighted by atomic mass is 9.59. The van der Waals surface area contributed by atoms with Gasteiger partial charge in [-0.25, -0.2) is 13.1 Å². The number of nitro groups is 1. The number of hydrogen-bond acceptors (Lipinski definition) is 14. The van der Waals surface area contributed by atoms with Crippen LogP contribution in [0, 0.1) is 21.4 Å². The predicted molar refractivity (Wildman–Crippen MR) is 265 cm³/mol. The van der Waals surface area contributed by atoms with Gasteiger partial charge in [-0.3, -0.25) is 19.8 Å². The zero-order chi connectivity index (χ0) is 49.0. The summed E-state index contributed by atoms with van der Waals surface area (Å²) in [7, 11) is -4.73. The number of H-pyrrole nitrogens is 1. The lowest BCUT2D eigenvalue weighted by molar-refractivity contribution is -0.384. The molecule has 2 saturated carbocycles. The largest absolute Gasteiger partial charge is 0.489 e. The molecule has 1 amide bonds. The van der Waals surface area contributed by atoms with E-state index >= 15 is 0 Å². The van der Waals surface area contributed by atoms with Crippen LogP contribution >= 0.6 is 0 Å². The Hall–Kier alpha value is -5.95. The highest BCUT2D eigenvalue weighted by Gasteiger charge is 2.50. The fraction of sp³-hybridized carbons (Fsp3) is 0.500. The van der Waals surface area contributed by atoms with Gasteiger partial charge in [-0.1, -0.05) is 38.1 Å². The molecule has 3 aliphatic heterocycles. The Morgan fingerprint density at radius 2 is 1.79 bits per heavy atom. The highest BCUT2D eigenvalue weighted by molar-refractivity contribution is 7.90. The molecule has 1 spiro atoms. The van der Waals surface area contributed by atoms with Gasteiger partial charge in [0.15, 0.2) is 17.2 Å². The fourth-order valence-corrected chi connectivity index (χ4v) is 12.8. The first kappa shape index (κ1) is 47.7. The number of hydrogen-bond donors (Lipinski definition) is 5. The minimum atomic E-state index is -4.73. The number of rotatable bonds is 14. The number of likely N-dealkylation sites (tertiary alicyclic amines) is 1. The number of fused-ring (bicyclic) bond motifs is 2. The van der Waals surface area contributed by atoms with E-state index in [0.717, 1.165) is 57.1 Å². The van der Waals surface area contributed by atoms with Crippen LogP contribution in [-0.4, -0.2) is 101 Å². The Balaban J connectivity index is 0.886. The number of benzene rings is 3. The van der Waals surface area contributed by atoms with Crippen LogP contribution in [0.5, 0.6) is 23.1 Å². The highest BCUT2D eigenvalue weighted by atomic mass is 32.2. The van der Waals surface area contributed by atoms with Gasteiger partial charge >= 0.3 is 0 Å². The molecule has 5 aliphatic rings. The van der Waals surface area contributed by atoms with Crippen LogP contribution in [0.3, 0.4) is 0 Å². The van der Waals surface area contributed by atoms with Crippen LogP contribution in [0.15, 0.2) is 77.8 Å². The fourth-order valence-electron chi connectivity index (χ4n) is 11.8. The first-order chi connectivity index (χ1) is 33.6. The van der Waals surface area contributed by atoms with Crippen molar-refractivity contribution in [2.24, 2.45) is 11.3 Å². The molecule has 0 unspecified atom stereocenters. The number of nitrogens with one attached hydrogen (secondary N) is 3. The molecule has 2 aromatic heterocycles. The van der Waals surface area contributed by atoms with Gasteiger partial charge in [-0.2, -0.15) is 4.98 Å². The number of nitrogens with zero attached hydrogens (tertiary/aromatic N) is 4. The number of aliphatic hydroxyl groups excluding tert-OH is 1. The number of carbonyl (C=O) groups is 1. The number of piperidine rings is 1. The molecule has 4 fully saturated rings. The van der Waals surface area contributed by atoms with E-state index in [1.54, 1.807) is 37.4 Å². The van der Waals surface area contributed by atoms with Gasteiger partial charge in [0, 0.05) is 60.6 Å². The Kier molecular flexibility index (Phi) is 12.9. The van der Waals surface area contributed by atoms with Crippen molar-refractivity contribution in [2.45, 2.75) is 120 Å². The van der Waals surface area contributed by atoms with Crippen molar-refractivity contribution in [3.8, 4) is 23.1 Å². The van der Waals surface area contributed by atoms with Gasteiger partial charge in [-0.05, 0) is 130 Å². The average Bonchev–Trinajstić information content (AvgIpc) is 4.02. The van der Waals surface area contributed by atoms with Crippen LogP contribution in [0.2, 0.25) is 0 Å². The molecule has 3 aromatic carbocycles. The molecule has 2 saturated heterocycles. The summed E-state index contributed by atoms with van der Waals surface area (Å²) in [6, 6.07) is 20.3. The van der Waals surface area contributed by atoms with E-state index in [1.165, 1.54) is 36.1 Å². The van der Waals surface area contributed by atoms with Crippen molar-refractivity contribution in [3.05, 3.63) is 99.7 Å². The van der Waals surface area contributed by atoms with E-state index < -0.39 is 37.0 Å². The number of pyridine rings is 1. The number of amides is 1. The van der Waals surface area contributed by atoms with Crippen molar-refractivity contribution in [1.29, 1.82) is 0 Å². The summed E-state index contributed by atoms with van der Waals surface area (Å²) >= 11 is 0. The number of anilines is 2. The standard InChI is InChI=1S/C52H63N7O10S/c1-32(2)38-7-4-5-8-39(38)42-9-6-20-58(42)36-29-52(30-36)17-21-57(22-18-52)35-10-11-40(44(26-35)69-46-25-34-14-19-53-48(34)55-50(46)67-24-23-60)49(61)56-70(65,66)37-27-43(59(63)64)47-45(28-37)68-31-41(54-47)33-12-15-51(3,62)16-13-33/h4-5,7-8,10-11,14,19,25-28,32-33,36,41-42,54,60,62H,6,9,12-13,15-18,20-24,29-31H2,1-3H3,(H,53,55)(H,56,61)/t33-,41-,42+,51-/m1/s1. The maximum atomic E-state index is 14.3. The maximum Gasteiger partial charge on any atom is 0.297 e. The second-order valence-corrected chi connectivity index (χ2v) is 22.4. The summed E-state index contributed by atoms with van der Waals surface area (Å²) in [5.41, 5.74) is 3.13. The van der Waals surface area contributed by atoms with Crippen LogP contribution in [-0.2, 0) is 10.0 Å². The molecule has 0 radical (unpaired) electrons. The smallest absolute Gasteiger partial charge is 0.297 e. The number of nitro benzene ring substituents is 1. The van der Waals surface area contributed by atoms with Crippen LogP contribution in [0.4, 0.5) is 17.1 Å². The number of ether oxygens (including phenoxy) is 3. The minimum absolute atomic E-state index is 0.0223. The molecule has 5 N–H and O–H groups in total. The van der Waals surface area contributed by atoms with Gasteiger partial charge in [0.2, 0.25) is 0 Å². The third-order valence-corrected chi connectivity index (χ3v) is 17.0. The highest BCUT2D eigenvalue weighted by Crippen LogP contribution is 2.54. The lowest BCUT2D eigenvalue weighted by Crippen LogP contribution is -2.54. The second-order valence-electron chi connectivity index (χ2n) is 20.7. The Bertz CT molecular complexity index is 2880. The van der Waals surface area contributed by atoms with E-state index in [0.29, 0.717) is 54.7 Å². The SMILES string of the molecule is CC(C)c1ccccc1[C@@H]1CCCN1C1CC2(CCN(c3ccc(C(=O)NS(=O)(=O)c4cc5c(c([N+](=O)[O-])c4)N[C@@H]([C@H]4CC[C@](C)(O)CC4)CO5)c(Oc4cc5cc[nH]c5nc4OCCO)c3)CC2)C1. The van der Waals surface area contributed by atoms with Crippen LogP contribution < -0.4 is 29.1 Å². The quantitative estimate of drug-likeness (QED) is 0.0520. The first-order valence-corrected chi connectivity index (χ1v) is 26.2. The molecule has 2 aliphatic carbocycles. The number of aliphatic hydroxyl groups is 2. The number of carbonyl (C=O) groups excluding carboxylic acids is 1.